The molecule has 0 saturated carbocycles. The minimum atomic E-state index is 0.0459. The Hall–Kier alpha value is -2.27. The lowest BCUT2D eigenvalue weighted by atomic mass is 10.1. The summed E-state index contributed by atoms with van der Waals surface area (Å²) in [6.45, 7) is 0.868. The largest absolute Gasteiger partial charge is 0.484 e. The molecule has 134 valence electrons. The summed E-state index contributed by atoms with van der Waals surface area (Å²) in [6.07, 6.45) is 4.07. The van der Waals surface area contributed by atoms with E-state index in [4.69, 9.17) is 4.74 Å². The second-order valence-electron chi connectivity index (χ2n) is 6.73. The molecule has 0 bridgehead atoms. The SMILES string of the molecule is Cn1cccc1C1CCCN1C(=O)COc1ccc2cc(Br)ccc2c1. The van der Waals surface area contributed by atoms with Gasteiger partial charge in [-0.25, -0.2) is 0 Å². The summed E-state index contributed by atoms with van der Waals surface area (Å²) in [5.74, 6) is 0.771. The molecule has 0 spiro atoms. The van der Waals surface area contributed by atoms with E-state index in [1.807, 2.05) is 54.5 Å². The Balaban J connectivity index is 1.45. The van der Waals surface area contributed by atoms with Crippen LogP contribution in [0.25, 0.3) is 10.8 Å². The van der Waals surface area contributed by atoms with Crippen LogP contribution in [0.1, 0.15) is 24.6 Å². The summed E-state index contributed by atoms with van der Waals surface area (Å²) in [7, 11) is 2.03. The zero-order valence-corrected chi connectivity index (χ0v) is 16.3. The molecule has 4 nitrogen and oxygen atoms in total. The van der Waals surface area contributed by atoms with Crippen LogP contribution >= 0.6 is 15.9 Å². The topological polar surface area (TPSA) is 34.5 Å². The maximum atomic E-state index is 12.7. The molecule has 4 rings (SSSR count). The first kappa shape index (κ1) is 17.2. The second-order valence-corrected chi connectivity index (χ2v) is 7.65. The molecule has 1 atom stereocenters. The van der Waals surface area contributed by atoms with Crippen LogP contribution in [0.3, 0.4) is 0 Å². The van der Waals surface area contributed by atoms with Crippen LogP contribution in [0.15, 0.2) is 59.2 Å². The van der Waals surface area contributed by atoms with Gasteiger partial charge in [-0.2, -0.15) is 0 Å². The van der Waals surface area contributed by atoms with Gasteiger partial charge >= 0.3 is 0 Å². The van der Waals surface area contributed by atoms with E-state index < -0.39 is 0 Å². The smallest absolute Gasteiger partial charge is 0.261 e. The molecule has 1 fully saturated rings. The number of likely N-dealkylation sites (tertiary alicyclic amines) is 1. The van der Waals surface area contributed by atoms with E-state index in [-0.39, 0.29) is 18.6 Å². The zero-order chi connectivity index (χ0) is 18.1. The Morgan fingerprint density at radius 3 is 2.81 bits per heavy atom. The molecule has 3 aromatic rings. The van der Waals surface area contributed by atoms with Crippen molar-refractivity contribution in [1.82, 2.24) is 9.47 Å². The maximum Gasteiger partial charge on any atom is 0.261 e. The predicted molar refractivity (Wildman–Crippen MR) is 106 cm³/mol. The van der Waals surface area contributed by atoms with E-state index in [9.17, 15) is 4.79 Å². The lowest BCUT2D eigenvalue weighted by Crippen LogP contribution is -2.35. The Morgan fingerprint density at radius 1 is 1.19 bits per heavy atom. The van der Waals surface area contributed by atoms with Gasteiger partial charge in [-0.3, -0.25) is 4.79 Å². The van der Waals surface area contributed by atoms with Crippen molar-refractivity contribution in [2.45, 2.75) is 18.9 Å². The quantitative estimate of drug-likeness (QED) is 0.623. The Labute approximate surface area is 161 Å². The number of ether oxygens (including phenoxy) is 1. The first-order valence-electron chi connectivity index (χ1n) is 8.84. The van der Waals surface area contributed by atoms with E-state index in [1.54, 1.807) is 0 Å². The molecule has 1 amide bonds. The number of aromatic nitrogens is 1. The summed E-state index contributed by atoms with van der Waals surface area (Å²) >= 11 is 3.48. The van der Waals surface area contributed by atoms with Gasteiger partial charge in [0.2, 0.25) is 0 Å². The number of rotatable bonds is 4. The van der Waals surface area contributed by atoms with Gasteiger partial charge in [0.25, 0.3) is 5.91 Å². The van der Waals surface area contributed by atoms with Crippen LogP contribution in [0, 0.1) is 0 Å². The number of halogens is 1. The van der Waals surface area contributed by atoms with Gasteiger partial charge in [-0.1, -0.05) is 28.1 Å². The molecule has 1 aliphatic heterocycles. The van der Waals surface area contributed by atoms with Crippen LogP contribution in [0.2, 0.25) is 0 Å². The third kappa shape index (κ3) is 3.36. The molecule has 0 radical (unpaired) electrons. The Kier molecular flexibility index (Phi) is 4.72. The highest BCUT2D eigenvalue weighted by Gasteiger charge is 2.31. The summed E-state index contributed by atoms with van der Waals surface area (Å²) in [4.78, 5) is 14.7. The van der Waals surface area contributed by atoms with Gasteiger partial charge < -0.3 is 14.2 Å². The lowest BCUT2D eigenvalue weighted by molar-refractivity contribution is -0.134. The fraction of sp³-hybridized carbons (Fsp3) is 0.286. The third-order valence-electron chi connectivity index (χ3n) is 5.03. The van der Waals surface area contributed by atoms with Crippen LogP contribution in [0.5, 0.6) is 5.75 Å². The average Bonchev–Trinajstić information content (AvgIpc) is 3.28. The van der Waals surface area contributed by atoms with Gasteiger partial charge in [-0.15, -0.1) is 0 Å². The Morgan fingerprint density at radius 2 is 2.00 bits per heavy atom. The fourth-order valence-electron chi connectivity index (χ4n) is 3.71. The molecule has 1 unspecified atom stereocenters. The van der Waals surface area contributed by atoms with E-state index in [0.29, 0.717) is 0 Å². The minimum absolute atomic E-state index is 0.0459. The van der Waals surface area contributed by atoms with Crippen molar-refractivity contribution in [2.75, 3.05) is 13.2 Å². The van der Waals surface area contributed by atoms with Gasteiger partial charge in [-0.05, 0) is 60.0 Å². The number of fused-ring (bicyclic) bond motifs is 1. The van der Waals surface area contributed by atoms with Crippen molar-refractivity contribution in [3.63, 3.8) is 0 Å². The van der Waals surface area contributed by atoms with Crippen LogP contribution in [-0.2, 0) is 11.8 Å². The molecule has 1 aromatic heterocycles. The van der Waals surface area contributed by atoms with E-state index in [2.05, 4.69) is 32.6 Å². The van der Waals surface area contributed by atoms with E-state index in [0.717, 1.165) is 40.4 Å². The van der Waals surface area contributed by atoms with Gasteiger partial charge in [0.1, 0.15) is 5.75 Å². The minimum Gasteiger partial charge on any atom is -0.484 e. The first-order valence-corrected chi connectivity index (χ1v) is 9.64. The second kappa shape index (κ2) is 7.16. The number of carbonyl (C=O) groups is 1. The molecule has 5 heteroatoms. The van der Waals surface area contributed by atoms with Crippen molar-refractivity contribution in [2.24, 2.45) is 7.05 Å². The maximum absolute atomic E-state index is 12.7. The predicted octanol–water partition coefficient (Wildman–Crippen LogP) is 4.68. The highest BCUT2D eigenvalue weighted by Crippen LogP contribution is 2.32. The van der Waals surface area contributed by atoms with Gasteiger partial charge in [0, 0.05) is 30.0 Å². The molecule has 2 aromatic carbocycles. The Bertz CT molecular complexity index is 950. The average molecular weight is 413 g/mol. The molecule has 1 saturated heterocycles. The van der Waals surface area contributed by atoms with Gasteiger partial charge in [0.15, 0.2) is 6.61 Å². The summed E-state index contributed by atoms with van der Waals surface area (Å²) in [5.41, 5.74) is 1.19. The lowest BCUT2D eigenvalue weighted by Gasteiger charge is -2.25. The van der Waals surface area contributed by atoms with Crippen molar-refractivity contribution < 1.29 is 9.53 Å². The summed E-state index contributed by atoms with van der Waals surface area (Å²) < 4.78 is 8.95. The molecule has 1 aliphatic rings. The highest BCUT2D eigenvalue weighted by molar-refractivity contribution is 9.10. The standard InChI is InChI=1S/C21H21BrN2O2/c1-23-10-2-4-19(23)20-5-3-11-24(20)21(25)14-26-18-9-7-15-12-17(22)8-6-16(15)13-18/h2,4,6-10,12-13,20H,3,5,11,14H2,1H3. The normalized spacial score (nSPS) is 17.0. The summed E-state index contributed by atoms with van der Waals surface area (Å²) in [6, 6.07) is 16.3. The number of benzene rings is 2. The molecular weight excluding hydrogens is 392 g/mol. The fourth-order valence-corrected chi connectivity index (χ4v) is 4.08. The van der Waals surface area contributed by atoms with Crippen LogP contribution in [-0.4, -0.2) is 28.5 Å². The number of amides is 1. The highest BCUT2D eigenvalue weighted by atomic mass is 79.9. The van der Waals surface area contributed by atoms with Crippen molar-refractivity contribution >= 4 is 32.6 Å². The zero-order valence-electron chi connectivity index (χ0n) is 14.7. The van der Waals surface area contributed by atoms with Crippen molar-refractivity contribution in [1.29, 1.82) is 0 Å². The first-order chi connectivity index (χ1) is 12.6. The number of nitrogens with zero attached hydrogens (tertiary/aromatic N) is 2. The monoisotopic (exact) mass is 412 g/mol. The number of aryl methyl sites for hydroxylation is 1. The van der Waals surface area contributed by atoms with E-state index in [1.165, 1.54) is 5.69 Å². The molecular formula is C21H21BrN2O2. The summed E-state index contributed by atoms with van der Waals surface area (Å²) in [5, 5.41) is 2.24. The number of hydrogen-bond donors (Lipinski definition) is 0. The number of hydrogen-bond acceptors (Lipinski definition) is 2. The van der Waals surface area contributed by atoms with Gasteiger partial charge in [0.05, 0.1) is 6.04 Å². The molecule has 26 heavy (non-hydrogen) atoms. The van der Waals surface area contributed by atoms with Crippen molar-refractivity contribution in [3.05, 3.63) is 64.9 Å². The molecule has 0 N–H and O–H groups in total. The molecule has 0 aliphatic carbocycles. The van der Waals surface area contributed by atoms with Crippen LogP contribution in [0.4, 0.5) is 0 Å². The van der Waals surface area contributed by atoms with Crippen molar-refractivity contribution in [3.8, 4) is 5.75 Å². The van der Waals surface area contributed by atoms with Crippen LogP contribution < -0.4 is 4.74 Å². The molecule has 2 heterocycles. The third-order valence-corrected chi connectivity index (χ3v) is 5.53. The number of carbonyl (C=O) groups excluding carboxylic acids is 1. The van der Waals surface area contributed by atoms with E-state index >= 15 is 0 Å².